The van der Waals surface area contributed by atoms with Crippen molar-refractivity contribution in [3.8, 4) is 0 Å². The molecule has 1 N–H and O–H groups in total. The average molecular weight is 239 g/mol. The zero-order valence-electron chi connectivity index (χ0n) is 9.90. The minimum Gasteiger partial charge on any atom is -0.461 e. The van der Waals surface area contributed by atoms with Crippen molar-refractivity contribution in [1.29, 1.82) is 5.41 Å². The van der Waals surface area contributed by atoms with Gasteiger partial charge in [0.2, 0.25) is 0 Å². The number of hydrogen-bond acceptors (Lipinski definition) is 5. The van der Waals surface area contributed by atoms with Gasteiger partial charge in [0.1, 0.15) is 13.2 Å². The number of ether oxygens (including phenoxy) is 2. The molecule has 0 amide bonds. The molecule has 0 radical (unpaired) electrons. The molecule has 0 aromatic rings. The molecule has 5 nitrogen and oxygen atoms in total. The quantitative estimate of drug-likeness (QED) is 0.301. The summed E-state index contributed by atoms with van der Waals surface area (Å²) in [6.07, 6.45) is 2.79. The topological polar surface area (TPSA) is 76.5 Å². The van der Waals surface area contributed by atoms with Crippen molar-refractivity contribution >= 4 is 18.2 Å². The molecule has 0 bridgehead atoms. The first-order valence-electron chi connectivity index (χ1n) is 5.20. The minimum absolute atomic E-state index is 0.0448. The fourth-order valence-electron chi connectivity index (χ4n) is 1.15. The van der Waals surface area contributed by atoms with Crippen LogP contribution >= 0.6 is 0 Å². The van der Waals surface area contributed by atoms with Crippen molar-refractivity contribution in [2.45, 2.75) is 13.3 Å². The van der Waals surface area contributed by atoms with Gasteiger partial charge in [-0.05, 0) is 6.42 Å². The van der Waals surface area contributed by atoms with E-state index in [4.69, 9.17) is 10.1 Å². The van der Waals surface area contributed by atoms with Gasteiger partial charge in [-0.2, -0.15) is 0 Å². The van der Waals surface area contributed by atoms with Crippen LogP contribution < -0.4 is 0 Å². The average Bonchev–Trinajstić information content (AvgIpc) is 2.33. The van der Waals surface area contributed by atoms with Crippen LogP contribution in [-0.2, 0) is 19.1 Å². The SMILES string of the molecule is C=CCOC(=O)C(CC)C(=C)C(=O)OCC=N. The van der Waals surface area contributed by atoms with Crippen LogP contribution in [0.1, 0.15) is 13.3 Å². The molecule has 17 heavy (non-hydrogen) atoms. The largest absolute Gasteiger partial charge is 0.461 e. The number of hydrogen-bond donors (Lipinski definition) is 1. The first-order valence-corrected chi connectivity index (χ1v) is 5.20. The van der Waals surface area contributed by atoms with Gasteiger partial charge in [-0.25, -0.2) is 4.79 Å². The van der Waals surface area contributed by atoms with E-state index in [2.05, 4.69) is 17.9 Å². The molecule has 5 heteroatoms. The Hall–Kier alpha value is -1.91. The Kier molecular flexibility index (Phi) is 7.34. The van der Waals surface area contributed by atoms with E-state index in [1.807, 2.05) is 0 Å². The van der Waals surface area contributed by atoms with E-state index in [1.165, 1.54) is 6.08 Å². The van der Waals surface area contributed by atoms with Gasteiger partial charge in [0.25, 0.3) is 0 Å². The van der Waals surface area contributed by atoms with E-state index in [9.17, 15) is 9.59 Å². The zero-order chi connectivity index (χ0) is 13.3. The van der Waals surface area contributed by atoms with Gasteiger partial charge in [0, 0.05) is 11.8 Å². The van der Waals surface area contributed by atoms with E-state index in [0.717, 1.165) is 6.21 Å². The molecule has 0 heterocycles. The predicted molar refractivity (Wildman–Crippen MR) is 63.8 cm³/mol. The second kappa shape index (κ2) is 8.27. The standard InChI is InChI=1S/C12H17NO4/c1-4-7-16-12(15)10(5-2)9(3)11(14)17-8-6-13/h4,6,10,13H,1,3,5,7-8H2,2H3. The Morgan fingerprint density at radius 3 is 2.47 bits per heavy atom. The lowest BCUT2D eigenvalue weighted by Crippen LogP contribution is -2.24. The Balaban J connectivity index is 4.47. The fraction of sp³-hybridized carbons (Fsp3) is 0.417. The highest BCUT2D eigenvalue weighted by Gasteiger charge is 2.26. The van der Waals surface area contributed by atoms with E-state index in [1.54, 1.807) is 6.92 Å². The fourth-order valence-corrected chi connectivity index (χ4v) is 1.15. The van der Waals surface area contributed by atoms with Crippen LogP contribution in [-0.4, -0.2) is 31.4 Å². The van der Waals surface area contributed by atoms with Crippen molar-refractivity contribution in [2.75, 3.05) is 13.2 Å². The number of carbonyl (C=O) groups excluding carboxylic acids is 2. The van der Waals surface area contributed by atoms with Crippen molar-refractivity contribution in [3.63, 3.8) is 0 Å². The molecule has 0 aromatic carbocycles. The third kappa shape index (κ3) is 5.10. The van der Waals surface area contributed by atoms with Gasteiger partial charge in [0.15, 0.2) is 0 Å². The molecule has 0 aliphatic heterocycles. The van der Waals surface area contributed by atoms with Crippen molar-refractivity contribution in [2.24, 2.45) is 5.92 Å². The second-order valence-corrected chi connectivity index (χ2v) is 3.21. The molecule has 0 aliphatic carbocycles. The number of nitrogens with one attached hydrogen (secondary N) is 1. The van der Waals surface area contributed by atoms with Crippen LogP contribution in [0.25, 0.3) is 0 Å². The van der Waals surface area contributed by atoms with Gasteiger partial charge < -0.3 is 14.9 Å². The molecule has 1 unspecified atom stereocenters. The summed E-state index contributed by atoms with van der Waals surface area (Å²) >= 11 is 0. The summed E-state index contributed by atoms with van der Waals surface area (Å²) in [6.45, 7) is 8.66. The highest BCUT2D eigenvalue weighted by atomic mass is 16.5. The molecule has 0 saturated heterocycles. The number of rotatable bonds is 8. The van der Waals surface area contributed by atoms with Crippen LogP contribution in [0.15, 0.2) is 24.8 Å². The maximum atomic E-state index is 11.6. The Morgan fingerprint density at radius 1 is 1.35 bits per heavy atom. The zero-order valence-corrected chi connectivity index (χ0v) is 9.90. The Bertz CT molecular complexity index is 322. The first kappa shape index (κ1) is 15.1. The normalized spacial score (nSPS) is 11.1. The monoisotopic (exact) mass is 239 g/mol. The van der Waals surface area contributed by atoms with Gasteiger partial charge in [0.05, 0.1) is 5.92 Å². The number of esters is 2. The first-order chi connectivity index (χ1) is 8.08. The summed E-state index contributed by atoms with van der Waals surface area (Å²) in [5, 5.41) is 6.73. The van der Waals surface area contributed by atoms with Crippen LogP contribution in [0.5, 0.6) is 0 Å². The van der Waals surface area contributed by atoms with E-state index in [-0.39, 0.29) is 18.8 Å². The Labute approximate surface area is 101 Å². The molecular weight excluding hydrogens is 222 g/mol. The molecule has 0 saturated carbocycles. The molecule has 0 spiro atoms. The van der Waals surface area contributed by atoms with Crippen molar-refractivity contribution in [1.82, 2.24) is 0 Å². The second-order valence-electron chi connectivity index (χ2n) is 3.21. The van der Waals surface area contributed by atoms with Crippen LogP contribution in [0, 0.1) is 11.3 Å². The summed E-state index contributed by atoms with van der Waals surface area (Å²) < 4.78 is 9.53. The number of carbonyl (C=O) groups is 2. The highest BCUT2D eigenvalue weighted by molar-refractivity contribution is 5.95. The molecule has 1 atom stereocenters. The molecule has 0 aliphatic rings. The molecule has 0 rings (SSSR count). The maximum absolute atomic E-state index is 11.6. The minimum atomic E-state index is -0.715. The van der Waals surface area contributed by atoms with Crippen molar-refractivity contribution < 1.29 is 19.1 Å². The van der Waals surface area contributed by atoms with Crippen LogP contribution in [0.4, 0.5) is 0 Å². The van der Waals surface area contributed by atoms with Crippen LogP contribution in [0.3, 0.4) is 0 Å². The smallest absolute Gasteiger partial charge is 0.334 e. The maximum Gasteiger partial charge on any atom is 0.334 e. The van der Waals surface area contributed by atoms with Gasteiger partial charge >= 0.3 is 11.9 Å². The lowest BCUT2D eigenvalue weighted by Gasteiger charge is -2.14. The lowest BCUT2D eigenvalue weighted by molar-refractivity contribution is -0.149. The van der Waals surface area contributed by atoms with Crippen LogP contribution in [0.2, 0.25) is 0 Å². The molecule has 94 valence electrons. The van der Waals surface area contributed by atoms with E-state index in [0.29, 0.717) is 6.42 Å². The summed E-state index contributed by atoms with van der Waals surface area (Å²) in [6, 6.07) is 0. The highest BCUT2D eigenvalue weighted by Crippen LogP contribution is 2.16. The van der Waals surface area contributed by atoms with Crippen molar-refractivity contribution in [3.05, 3.63) is 24.8 Å². The molecule has 0 aromatic heterocycles. The lowest BCUT2D eigenvalue weighted by atomic mass is 9.98. The summed E-state index contributed by atoms with van der Waals surface area (Å²) in [5.74, 6) is -1.92. The van der Waals surface area contributed by atoms with E-state index >= 15 is 0 Å². The summed E-state index contributed by atoms with van der Waals surface area (Å²) in [4.78, 5) is 23.0. The summed E-state index contributed by atoms with van der Waals surface area (Å²) in [5.41, 5.74) is 0.0448. The molecular formula is C12H17NO4. The van der Waals surface area contributed by atoms with Gasteiger partial charge in [-0.15, -0.1) is 0 Å². The van der Waals surface area contributed by atoms with Gasteiger partial charge in [-0.3, -0.25) is 4.79 Å². The third-order valence-electron chi connectivity index (χ3n) is 2.02. The molecule has 0 fully saturated rings. The van der Waals surface area contributed by atoms with Gasteiger partial charge in [-0.1, -0.05) is 26.2 Å². The third-order valence-corrected chi connectivity index (χ3v) is 2.02. The predicted octanol–water partition coefficient (Wildman–Crippen LogP) is 1.49. The summed E-state index contributed by atoms with van der Waals surface area (Å²) in [7, 11) is 0. The van der Waals surface area contributed by atoms with E-state index < -0.39 is 17.9 Å². The Morgan fingerprint density at radius 2 is 2.00 bits per heavy atom.